The molecule has 0 aromatic heterocycles. The number of nitrogens with one attached hydrogen (secondary N) is 1. The number of rotatable bonds is 7. The van der Waals surface area contributed by atoms with Gasteiger partial charge in [0.25, 0.3) is 0 Å². The van der Waals surface area contributed by atoms with E-state index in [1.807, 2.05) is 11.8 Å². The number of ether oxygens (including phenoxy) is 1. The van der Waals surface area contributed by atoms with E-state index < -0.39 is 0 Å². The lowest BCUT2D eigenvalue weighted by Crippen LogP contribution is -2.49. The Morgan fingerprint density at radius 3 is 2.18 bits per heavy atom. The molecule has 0 spiro atoms. The molecule has 0 aliphatic carbocycles. The molecule has 1 aromatic carbocycles. The summed E-state index contributed by atoms with van der Waals surface area (Å²) in [7, 11) is 0. The van der Waals surface area contributed by atoms with Gasteiger partial charge in [0.1, 0.15) is 5.75 Å². The fourth-order valence-corrected chi connectivity index (χ4v) is 3.61. The summed E-state index contributed by atoms with van der Waals surface area (Å²) >= 11 is 0. The summed E-state index contributed by atoms with van der Waals surface area (Å²) in [6.07, 6.45) is 0.652. The van der Waals surface area contributed by atoms with Crippen LogP contribution in [0, 0.1) is 0 Å². The minimum atomic E-state index is 0. The summed E-state index contributed by atoms with van der Waals surface area (Å²) in [6.45, 7) is 12.4. The molecule has 8 heteroatoms. The molecular weight excluding hydrogens is 399 g/mol. The molecule has 1 amide bonds. The second-order valence-corrected chi connectivity index (χ2v) is 7.08. The Hall–Kier alpha value is -1.05. The molecule has 0 unspecified atom stereocenters. The molecule has 6 nitrogen and oxygen atoms in total. The molecule has 1 N–H and O–H groups in total. The number of nitrogens with zero attached hydrogens (tertiary/aromatic N) is 3. The molecule has 2 heterocycles. The number of halogens is 2. The quantitative estimate of drug-likeness (QED) is 0.712. The maximum absolute atomic E-state index is 12.3. The van der Waals surface area contributed by atoms with Crippen LogP contribution in [0.5, 0.6) is 5.75 Å². The van der Waals surface area contributed by atoms with E-state index in [9.17, 15) is 4.79 Å². The first kappa shape index (κ1) is 25.0. The predicted molar refractivity (Wildman–Crippen MR) is 118 cm³/mol. The maximum atomic E-state index is 12.3. The van der Waals surface area contributed by atoms with E-state index in [0.29, 0.717) is 18.9 Å². The van der Waals surface area contributed by atoms with Gasteiger partial charge in [0.05, 0.1) is 6.61 Å². The monoisotopic (exact) mass is 432 g/mol. The number of piperazine rings is 2. The number of benzene rings is 1. The molecule has 1 aromatic rings. The van der Waals surface area contributed by atoms with Gasteiger partial charge in [0.2, 0.25) is 5.91 Å². The zero-order valence-electron chi connectivity index (χ0n) is 16.8. The van der Waals surface area contributed by atoms with Crippen molar-refractivity contribution in [2.24, 2.45) is 0 Å². The molecule has 2 aliphatic rings. The highest BCUT2D eigenvalue weighted by atomic mass is 35.5. The lowest BCUT2D eigenvalue weighted by atomic mass is 10.2. The van der Waals surface area contributed by atoms with Gasteiger partial charge in [-0.15, -0.1) is 24.8 Å². The molecule has 0 bridgehead atoms. The average molecular weight is 433 g/mol. The number of carbonyl (C=O) groups is 1. The molecular formula is C20H34Cl2N4O2. The average Bonchev–Trinajstić information content (AvgIpc) is 2.69. The minimum absolute atomic E-state index is 0. The van der Waals surface area contributed by atoms with Crippen LogP contribution in [0.4, 0.5) is 0 Å². The van der Waals surface area contributed by atoms with E-state index in [1.54, 1.807) is 0 Å². The van der Waals surface area contributed by atoms with Crippen molar-refractivity contribution in [3.05, 3.63) is 29.8 Å². The summed E-state index contributed by atoms with van der Waals surface area (Å²) in [5, 5.41) is 3.29. The first-order chi connectivity index (χ1) is 12.7. The molecule has 2 aliphatic heterocycles. The van der Waals surface area contributed by atoms with Gasteiger partial charge in [-0.05, 0) is 24.6 Å². The van der Waals surface area contributed by atoms with Crippen LogP contribution in [-0.4, -0.2) is 86.1 Å². The number of hydrogen-bond acceptors (Lipinski definition) is 5. The third kappa shape index (κ3) is 7.76. The highest BCUT2D eigenvalue weighted by Gasteiger charge is 2.20. The highest BCUT2D eigenvalue weighted by molar-refractivity contribution is 5.85. The fraction of sp³-hybridized carbons (Fsp3) is 0.650. The normalized spacial score (nSPS) is 18.1. The Morgan fingerprint density at radius 1 is 0.964 bits per heavy atom. The molecule has 2 saturated heterocycles. The summed E-state index contributed by atoms with van der Waals surface area (Å²) < 4.78 is 5.50. The van der Waals surface area contributed by atoms with Crippen molar-refractivity contribution in [1.29, 1.82) is 0 Å². The van der Waals surface area contributed by atoms with Crippen molar-refractivity contribution >= 4 is 30.7 Å². The standard InChI is InChI=1S/C20H32N4O2.2ClH/c1-2-26-19-5-3-18(4-6-19)17-23-15-13-22(14-16-23)10-7-20(25)24-11-8-21-9-12-24;;/h3-6,21H,2,7-17H2,1H3;2*1H. The summed E-state index contributed by atoms with van der Waals surface area (Å²) in [4.78, 5) is 19.2. The van der Waals surface area contributed by atoms with Crippen molar-refractivity contribution in [2.75, 3.05) is 65.5 Å². The van der Waals surface area contributed by atoms with E-state index in [4.69, 9.17) is 4.74 Å². The molecule has 3 rings (SSSR count). The van der Waals surface area contributed by atoms with Crippen molar-refractivity contribution < 1.29 is 9.53 Å². The zero-order chi connectivity index (χ0) is 18.2. The molecule has 160 valence electrons. The number of amides is 1. The van der Waals surface area contributed by atoms with E-state index >= 15 is 0 Å². The Labute approximate surface area is 181 Å². The topological polar surface area (TPSA) is 48.1 Å². The Morgan fingerprint density at radius 2 is 1.57 bits per heavy atom. The van der Waals surface area contributed by atoms with E-state index in [2.05, 4.69) is 39.4 Å². The zero-order valence-corrected chi connectivity index (χ0v) is 18.4. The molecule has 2 fully saturated rings. The van der Waals surface area contributed by atoms with Crippen molar-refractivity contribution in [2.45, 2.75) is 19.9 Å². The van der Waals surface area contributed by atoms with Crippen LogP contribution < -0.4 is 10.1 Å². The van der Waals surface area contributed by atoms with Gasteiger partial charge in [-0.25, -0.2) is 0 Å². The second-order valence-electron chi connectivity index (χ2n) is 7.08. The van der Waals surface area contributed by atoms with Gasteiger partial charge in [-0.3, -0.25) is 9.69 Å². The second kappa shape index (κ2) is 13.2. The van der Waals surface area contributed by atoms with E-state index in [1.165, 1.54) is 5.56 Å². The van der Waals surface area contributed by atoms with Gasteiger partial charge < -0.3 is 19.9 Å². The minimum Gasteiger partial charge on any atom is -0.494 e. The van der Waals surface area contributed by atoms with Crippen molar-refractivity contribution in [3.63, 3.8) is 0 Å². The van der Waals surface area contributed by atoms with Crippen molar-refractivity contribution in [3.8, 4) is 5.75 Å². The van der Waals surface area contributed by atoms with Crippen LogP contribution in [-0.2, 0) is 11.3 Å². The van der Waals surface area contributed by atoms with Gasteiger partial charge in [-0.1, -0.05) is 12.1 Å². The van der Waals surface area contributed by atoms with Crippen LogP contribution in [0.2, 0.25) is 0 Å². The Bertz CT molecular complexity index is 560. The summed E-state index contributed by atoms with van der Waals surface area (Å²) in [5.41, 5.74) is 1.33. The van der Waals surface area contributed by atoms with Crippen LogP contribution in [0.1, 0.15) is 18.9 Å². The number of hydrogen-bond donors (Lipinski definition) is 1. The lowest BCUT2D eigenvalue weighted by Gasteiger charge is -2.35. The summed E-state index contributed by atoms with van der Waals surface area (Å²) in [6, 6.07) is 8.42. The van der Waals surface area contributed by atoms with Gasteiger partial charge in [-0.2, -0.15) is 0 Å². The van der Waals surface area contributed by atoms with Gasteiger partial charge >= 0.3 is 0 Å². The molecule has 0 radical (unpaired) electrons. The van der Waals surface area contributed by atoms with Crippen LogP contribution >= 0.6 is 24.8 Å². The summed E-state index contributed by atoms with van der Waals surface area (Å²) in [5.74, 6) is 1.25. The first-order valence-corrected chi connectivity index (χ1v) is 9.89. The molecule has 0 atom stereocenters. The smallest absolute Gasteiger partial charge is 0.223 e. The third-order valence-corrected chi connectivity index (χ3v) is 5.22. The van der Waals surface area contributed by atoms with Gasteiger partial charge in [0, 0.05) is 71.9 Å². The first-order valence-electron chi connectivity index (χ1n) is 9.89. The Balaban J connectivity index is 0.00000196. The number of carbonyl (C=O) groups excluding carboxylic acids is 1. The third-order valence-electron chi connectivity index (χ3n) is 5.22. The SMILES string of the molecule is CCOc1ccc(CN2CCN(CCC(=O)N3CCNCC3)CC2)cc1.Cl.Cl. The predicted octanol–water partition coefficient (Wildman–Crippen LogP) is 1.87. The highest BCUT2D eigenvalue weighted by Crippen LogP contribution is 2.15. The molecule has 0 saturated carbocycles. The van der Waals surface area contributed by atoms with Crippen LogP contribution in [0.25, 0.3) is 0 Å². The van der Waals surface area contributed by atoms with Crippen LogP contribution in [0.15, 0.2) is 24.3 Å². The van der Waals surface area contributed by atoms with E-state index in [0.717, 1.165) is 71.2 Å². The lowest BCUT2D eigenvalue weighted by molar-refractivity contribution is -0.132. The maximum Gasteiger partial charge on any atom is 0.223 e. The van der Waals surface area contributed by atoms with E-state index in [-0.39, 0.29) is 24.8 Å². The van der Waals surface area contributed by atoms with Gasteiger partial charge in [0.15, 0.2) is 0 Å². The fourth-order valence-electron chi connectivity index (χ4n) is 3.61. The molecule has 28 heavy (non-hydrogen) atoms. The van der Waals surface area contributed by atoms with Crippen molar-refractivity contribution in [1.82, 2.24) is 20.0 Å². The Kier molecular flexibility index (Phi) is 11.8. The largest absolute Gasteiger partial charge is 0.494 e. The van der Waals surface area contributed by atoms with Crippen LogP contribution in [0.3, 0.4) is 0 Å².